The van der Waals surface area contributed by atoms with Crippen LogP contribution in [0.1, 0.15) is 28.8 Å². The number of nitrogens with zero attached hydrogens (tertiary/aromatic N) is 1. The number of hydrogen-bond acceptors (Lipinski definition) is 3. The highest BCUT2D eigenvalue weighted by Crippen LogP contribution is 2.21. The standard InChI is InChI=1S/C18H18BrFN2O3S/c19-17-8-5-15(20)11-14(17)12-21-18(23)13-3-6-16(7-4-13)26(24,25)22-9-1-2-10-22/h3-8,11H,1-2,9-10,12H2,(H,21,23). The molecule has 0 spiro atoms. The van der Waals surface area contributed by atoms with Crippen molar-refractivity contribution < 1.29 is 17.6 Å². The number of rotatable bonds is 5. The predicted molar refractivity (Wildman–Crippen MR) is 99.7 cm³/mol. The van der Waals surface area contributed by atoms with Crippen LogP contribution in [-0.4, -0.2) is 31.7 Å². The fraction of sp³-hybridized carbons (Fsp3) is 0.278. The van der Waals surface area contributed by atoms with Gasteiger partial charge in [-0.15, -0.1) is 0 Å². The second-order valence-corrected chi connectivity index (χ2v) is 8.85. The molecule has 1 fully saturated rings. The van der Waals surface area contributed by atoms with Gasteiger partial charge in [0.2, 0.25) is 10.0 Å². The first-order valence-electron chi connectivity index (χ1n) is 8.20. The molecule has 1 heterocycles. The number of hydrogen-bond donors (Lipinski definition) is 1. The van der Waals surface area contributed by atoms with Crippen LogP contribution in [0.15, 0.2) is 51.8 Å². The SMILES string of the molecule is O=C(NCc1cc(F)ccc1Br)c1ccc(S(=O)(=O)N2CCCC2)cc1. The van der Waals surface area contributed by atoms with Gasteiger partial charge in [0, 0.05) is 29.7 Å². The molecule has 0 bridgehead atoms. The molecule has 138 valence electrons. The van der Waals surface area contributed by atoms with Gasteiger partial charge in [0.05, 0.1) is 4.90 Å². The van der Waals surface area contributed by atoms with E-state index in [1.54, 1.807) is 6.07 Å². The molecule has 1 aliphatic rings. The fourth-order valence-corrected chi connectivity index (χ4v) is 4.72. The second-order valence-electron chi connectivity index (χ2n) is 6.05. The Morgan fingerprint density at radius 3 is 2.42 bits per heavy atom. The summed E-state index contributed by atoms with van der Waals surface area (Å²) >= 11 is 3.31. The third-order valence-electron chi connectivity index (χ3n) is 4.27. The Bertz CT molecular complexity index is 911. The van der Waals surface area contributed by atoms with Crippen LogP contribution >= 0.6 is 15.9 Å². The Labute approximate surface area is 160 Å². The van der Waals surface area contributed by atoms with Crippen molar-refractivity contribution in [1.29, 1.82) is 0 Å². The van der Waals surface area contributed by atoms with Crippen LogP contribution in [0.3, 0.4) is 0 Å². The van der Waals surface area contributed by atoms with Crippen molar-refractivity contribution in [3.63, 3.8) is 0 Å². The Kier molecular flexibility index (Phi) is 5.74. The average Bonchev–Trinajstić information content (AvgIpc) is 3.18. The molecule has 26 heavy (non-hydrogen) atoms. The summed E-state index contributed by atoms with van der Waals surface area (Å²) in [7, 11) is -3.49. The lowest BCUT2D eigenvalue weighted by Crippen LogP contribution is -2.28. The monoisotopic (exact) mass is 440 g/mol. The van der Waals surface area contributed by atoms with Crippen LogP contribution in [0.25, 0.3) is 0 Å². The van der Waals surface area contributed by atoms with Crippen molar-refractivity contribution in [2.75, 3.05) is 13.1 Å². The predicted octanol–water partition coefficient (Wildman–Crippen LogP) is 3.30. The van der Waals surface area contributed by atoms with Gasteiger partial charge in [-0.2, -0.15) is 4.31 Å². The summed E-state index contributed by atoms with van der Waals surface area (Å²) < 4.78 is 40.4. The molecule has 0 aliphatic carbocycles. The van der Waals surface area contributed by atoms with Crippen LogP contribution in [-0.2, 0) is 16.6 Å². The zero-order valence-corrected chi connectivity index (χ0v) is 16.3. The molecular formula is C18H18BrFN2O3S. The van der Waals surface area contributed by atoms with Gasteiger partial charge >= 0.3 is 0 Å². The van der Waals surface area contributed by atoms with Crippen LogP contribution in [0.2, 0.25) is 0 Å². The van der Waals surface area contributed by atoms with Crippen molar-refractivity contribution >= 4 is 31.9 Å². The summed E-state index contributed by atoms with van der Waals surface area (Å²) in [6.45, 7) is 1.23. The molecule has 2 aromatic rings. The van der Waals surface area contributed by atoms with E-state index in [2.05, 4.69) is 21.2 Å². The Morgan fingerprint density at radius 2 is 1.77 bits per heavy atom. The molecule has 8 heteroatoms. The molecular weight excluding hydrogens is 423 g/mol. The van der Waals surface area contributed by atoms with Gasteiger partial charge < -0.3 is 5.32 Å². The van der Waals surface area contributed by atoms with E-state index in [9.17, 15) is 17.6 Å². The molecule has 1 amide bonds. The number of carbonyl (C=O) groups is 1. The van der Waals surface area contributed by atoms with Gasteiger partial charge in [-0.05, 0) is 60.9 Å². The van der Waals surface area contributed by atoms with Crippen molar-refractivity contribution in [3.05, 3.63) is 63.9 Å². The maximum absolute atomic E-state index is 13.3. The van der Waals surface area contributed by atoms with Crippen LogP contribution < -0.4 is 5.32 Å². The Balaban J connectivity index is 1.68. The highest BCUT2D eigenvalue weighted by atomic mass is 79.9. The first kappa shape index (κ1) is 19.0. The Hall–Kier alpha value is -1.77. The third-order valence-corrected chi connectivity index (χ3v) is 6.95. The van der Waals surface area contributed by atoms with E-state index >= 15 is 0 Å². The van der Waals surface area contributed by atoms with Gasteiger partial charge in [0.1, 0.15) is 5.82 Å². The Morgan fingerprint density at radius 1 is 1.12 bits per heavy atom. The number of halogens is 2. The number of carbonyl (C=O) groups excluding carboxylic acids is 1. The molecule has 2 aromatic carbocycles. The van der Waals surface area contributed by atoms with Gasteiger partial charge in [-0.1, -0.05) is 15.9 Å². The zero-order valence-electron chi connectivity index (χ0n) is 13.9. The minimum Gasteiger partial charge on any atom is -0.348 e. The maximum atomic E-state index is 13.3. The highest BCUT2D eigenvalue weighted by molar-refractivity contribution is 9.10. The van der Waals surface area contributed by atoms with E-state index in [0.29, 0.717) is 28.7 Å². The largest absolute Gasteiger partial charge is 0.348 e. The summed E-state index contributed by atoms with van der Waals surface area (Å²) in [5.41, 5.74) is 0.962. The molecule has 0 saturated carbocycles. The van der Waals surface area contributed by atoms with Crippen LogP contribution in [0.5, 0.6) is 0 Å². The molecule has 0 unspecified atom stereocenters. The first-order chi connectivity index (χ1) is 12.4. The van der Waals surface area contributed by atoms with Crippen molar-refractivity contribution in [2.24, 2.45) is 0 Å². The topological polar surface area (TPSA) is 66.5 Å². The van der Waals surface area contributed by atoms with E-state index in [1.165, 1.54) is 40.7 Å². The number of benzene rings is 2. The molecule has 1 N–H and O–H groups in total. The maximum Gasteiger partial charge on any atom is 0.251 e. The fourth-order valence-electron chi connectivity index (χ4n) is 2.81. The van der Waals surface area contributed by atoms with Crippen molar-refractivity contribution in [3.8, 4) is 0 Å². The van der Waals surface area contributed by atoms with Gasteiger partial charge in [-0.3, -0.25) is 4.79 Å². The molecule has 0 radical (unpaired) electrons. The summed E-state index contributed by atoms with van der Waals surface area (Å²) in [5.74, 6) is -0.736. The summed E-state index contributed by atoms with van der Waals surface area (Å²) in [6, 6.07) is 10.1. The number of sulfonamides is 1. The smallest absolute Gasteiger partial charge is 0.251 e. The van der Waals surface area contributed by atoms with E-state index in [0.717, 1.165) is 12.8 Å². The normalized spacial score (nSPS) is 15.2. The van der Waals surface area contributed by atoms with E-state index in [1.807, 2.05) is 0 Å². The molecule has 0 atom stereocenters. The van der Waals surface area contributed by atoms with Gasteiger partial charge in [0.15, 0.2) is 0 Å². The average molecular weight is 441 g/mol. The highest BCUT2D eigenvalue weighted by Gasteiger charge is 2.27. The van der Waals surface area contributed by atoms with E-state index < -0.39 is 10.0 Å². The third kappa shape index (κ3) is 4.13. The molecule has 0 aromatic heterocycles. The minimum absolute atomic E-state index is 0.158. The van der Waals surface area contributed by atoms with Crippen LogP contribution in [0, 0.1) is 5.82 Å². The van der Waals surface area contributed by atoms with Crippen LogP contribution in [0.4, 0.5) is 4.39 Å². The summed E-state index contributed by atoms with van der Waals surface area (Å²) in [6.07, 6.45) is 1.74. The summed E-state index contributed by atoms with van der Waals surface area (Å²) in [5, 5.41) is 2.70. The van der Waals surface area contributed by atoms with Gasteiger partial charge in [0.25, 0.3) is 5.91 Å². The number of nitrogens with one attached hydrogen (secondary N) is 1. The molecule has 3 rings (SSSR count). The van der Waals surface area contributed by atoms with E-state index in [4.69, 9.17) is 0 Å². The van der Waals surface area contributed by atoms with Crippen molar-refractivity contribution in [2.45, 2.75) is 24.3 Å². The van der Waals surface area contributed by atoms with Gasteiger partial charge in [-0.25, -0.2) is 12.8 Å². The minimum atomic E-state index is -3.49. The molecule has 1 aliphatic heterocycles. The first-order valence-corrected chi connectivity index (χ1v) is 10.4. The second kappa shape index (κ2) is 7.85. The summed E-state index contributed by atoms with van der Waals surface area (Å²) in [4.78, 5) is 12.4. The molecule has 1 saturated heterocycles. The lowest BCUT2D eigenvalue weighted by atomic mass is 10.2. The number of amides is 1. The quantitative estimate of drug-likeness (QED) is 0.775. The lowest BCUT2D eigenvalue weighted by molar-refractivity contribution is 0.0950. The lowest BCUT2D eigenvalue weighted by Gasteiger charge is -2.15. The molecule has 5 nitrogen and oxygen atoms in total. The van der Waals surface area contributed by atoms with E-state index in [-0.39, 0.29) is 23.2 Å². The van der Waals surface area contributed by atoms with Crippen molar-refractivity contribution in [1.82, 2.24) is 9.62 Å². The zero-order chi connectivity index (χ0) is 18.7.